The molecule has 0 N–H and O–H groups in total. The van der Waals surface area contributed by atoms with Crippen LogP contribution in [-0.4, -0.2) is 47.3 Å². The van der Waals surface area contributed by atoms with Gasteiger partial charge in [0.1, 0.15) is 0 Å². The van der Waals surface area contributed by atoms with Crippen LogP contribution in [0.2, 0.25) is 12.6 Å². The molecule has 1 unspecified atom stereocenters. The zero-order valence-corrected chi connectivity index (χ0v) is 11.4. The molecule has 0 amide bonds. The Bertz CT molecular complexity index is 180. The van der Waals surface area contributed by atoms with Gasteiger partial charge in [-0.3, -0.25) is 0 Å². The number of nitrogens with zero attached hydrogens (tertiary/aromatic N) is 1. The fourth-order valence-electron chi connectivity index (χ4n) is 1.94. The molecule has 0 aromatic carbocycles. The highest BCUT2D eigenvalue weighted by Gasteiger charge is 2.29. The van der Waals surface area contributed by atoms with E-state index < -0.39 is 8.56 Å². The predicted octanol–water partition coefficient (Wildman–Crippen LogP) is 2.23. The minimum absolute atomic E-state index is 0.826. The molecule has 3 nitrogen and oxygen atoms in total. The van der Waals surface area contributed by atoms with Crippen LogP contribution in [0.1, 0.15) is 25.7 Å². The average Bonchev–Trinajstić information content (AvgIpc) is 2.25. The first-order chi connectivity index (χ1) is 7.16. The van der Waals surface area contributed by atoms with Crippen molar-refractivity contribution >= 4 is 8.56 Å². The standard InChI is InChI=1S/C11H25NO2Si/c1-12-8-6-4-5-7-11-15(3,13-2)14-10-9-12/h4-11H2,1-3H3. The number of hydrogen-bond donors (Lipinski definition) is 0. The molecule has 1 saturated heterocycles. The molecule has 90 valence electrons. The summed E-state index contributed by atoms with van der Waals surface area (Å²) in [6.07, 6.45) is 5.25. The minimum Gasteiger partial charge on any atom is -0.398 e. The zero-order chi connectivity index (χ0) is 11.1. The molecule has 0 radical (unpaired) electrons. The van der Waals surface area contributed by atoms with Gasteiger partial charge in [-0.05, 0) is 32.6 Å². The van der Waals surface area contributed by atoms with Crippen LogP contribution in [0.25, 0.3) is 0 Å². The Kier molecular flexibility index (Phi) is 5.82. The highest BCUT2D eigenvalue weighted by atomic mass is 28.4. The third kappa shape index (κ3) is 5.11. The molecule has 1 heterocycles. The monoisotopic (exact) mass is 231 g/mol. The van der Waals surface area contributed by atoms with Crippen molar-refractivity contribution in [1.29, 1.82) is 0 Å². The fourth-order valence-corrected chi connectivity index (χ4v) is 3.83. The summed E-state index contributed by atoms with van der Waals surface area (Å²) in [7, 11) is 2.15. The van der Waals surface area contributed by atoms with Gasteiger partial charge >= 0.3 is 8.56 Å². The van der Waals surface area contributed by atoms with Gasteiger partial charge < -0.3 is 13.8 Å². The van der Waals surface area contributed by atoms with Crippen molar-refractivity contribution in [3.63, 3.8) is 0 Å². The second-order valence-corrected chi connectivity index (χ2v) is 8.12. The highest BCUT2D eigenvalue weighted by Crippen LogP contribution is 2.18. The molecule has 1 rings (SSSR count). The van der Waals surface area contributed by atoms with E-state index in [0.717, 1.165) is 19.2 Å². The van der Waals surface area contributed by atoms with E-state index >= 15 is 0 Å². The summed E-state index contributed by atoms with van der Waals surface area (Å²) in [6, 6.07) is 1.15. The van der Waals surface area contributed by atoms with Crippen LogP contribution in [0.5, 0.6) is 0 Å². The highest BCUT2D eigenvalue weighted by molar-refractivity contribution is 6.65. The minimum atomic E-state index is -1.83. The molecular weight excluding hydrogens is 206 g/mol. The quantitative estimate of drug-likeness (QED) is 0.646. The van der Waals surface area contributed by atoms with Crippen molar-refractivity contribution in [1.82, 2.24) is 4.90 Å². The molecule has 1 fully saturated rings. The molecule has 0 aromatic heterocycles. The van der Waals surface area contributed by atoms with Crippen LogP contribution >= 0.6 is 0 Å². The fraction of sp³-hybridized carbons (Fsp3) is 1.00. The van der Waals surface area contributed by atoms with Crippen molar-refractivity contribution < 1.29 is 8.85 Å². The Morgan fingerprint density at radius 2 is 1.87 bits per heavy atom. The van der Waals surface area contributed by atoms with Gasteiger partial charge in [-0.15, -0.1) is 0 Å². The van der Waals surface area contributed by atoms with Crippen LogP contribution < -0.4 is 0 Å². The van der Waals surface area contributed by atoms with E-state index in [2.05, 4.69) is 18.5 Å². The van der Waals surface area contributed by atoms with Crippen LogP contribution in [-0.2, 0) is 8.85 Å². The van der Waals surface area contributed by atoms with Crippen molar-refractivity contribution in [3.05, 3.63) is 0 Å². The maximum atomic E-state index is 5.96. The van der Waals surface area contributed by atoms with Gasteiger partial charge in [-0.2, -0.15) is 0 Å². The van der Waals surface area contributed by atoms with Gasteiger partial charge in [-0.25, -0.2) is 0 Å². The Labute approximate surface area is 95.0 Å². The van der Waals surface area contributed by atoms with E-state index in [1.807, 2.05) is 0 Å². The van der Waals surface area contributed by atoms with E-state index in [4.69, 9.17) is 8.85 Å². The summed E-state index contributed by atoms with van der Waals surface area (Å²) in [5.41, 5.74) is 0. The molecule has 0 saturated carbocycles. The van der Waals surface area contributed by atoms with E-state index in [1.165, 1.54) is 32.2 Å². The van der Waals surface area contributed by atoms with Gasteiger partial charge in [0.2, 0.25) is 0 Å². The molecule has 1 atom stereocenters. The zero-order valence-electron chi connectivity index (χ0n) is 10.4. The Morgan fingerprint density at radius 3 is 2.60 bits per heavy atom. The molecule has 1 aliphatic rings. The van der Waals surface area contributed by atoms with Crippen LogP contribution in [0.3, 0.4) is 0 Å². The largest absolute Gasteiger partial charge is 0.398 e. The molecular formula is C11H25NO2Si. The Balaban J connectivity index is 2.42. The van der Waals surface area contributed by atoms with Crippen molar-refractivity contribution in [2.24, 2.45) is 0 Å². The molecule has 4 heteroatoms. The summed E-state index contributed by atoms with van der Waals surface area (Å²) < 4.78 is 11.5. The maximum Gasteiger partial charge on any atom is 0.334 e. The molecule has 15 heavy (non-hydrogen) atoms. The molecule has 0 aliphatic carbocycles. The molecule has 0 aromatic rings. The normalized spacial score (nSPS) is 32.2. The van der Waals surface area contributed by atoms with E-state index in [0.29, 0.717) is 0 Å². The van der Waals surface area contributed by atoms with Crippen LogP contribution in [0.4, 0.5) is 0 Å². The number of likely N-dealkylation sites (N-methyl/N-ethyl adjacent to an activating group) is 1. The number of rotatable bonds is 1. The SMILES string of the molecule is CO[Si]1(C)CCCCCCN(C)CCO1. The second-order valence-electron chi connectivity index (χ2n) is 4.65. The average molecular weight is 231 g/mol. The first kappa shape index (κ1) is 13.2. The summed E-state index contributed by atoms with van der Waals surface area (Å²) >= 11 is 0. The van der Waals surface area contributed by atoms with Gasteiger partial charge in [-0.1, -0.05) is 19.3 Å². The lowest BCUT2D eigenvalue weighted by Gasteiger charge is -2.25. The summed E-state index contributed by atoms with van der Waals surface area (Å²) in [5.74, 6) is 0. The summed E-state index contributed by atoms with van der Waals surface area (Å²) in [4.78, 5) is 2.36. The van der Waals surface area contributed by atoms with Crippen molar-refractivity contribution in [2.75, 3.05) is 33.9 Å². The first-order valence-electron chi connectivity index (χ1n) is 6.04. The lowest BCUT2D eigenvalue weighted by molar-refractivity contribution is 0.176. The van der Waals surface area contributed by atoms with Gasteiger partial charge in [0.15, 0.2) is 0 Å². The van der Waals surface area contributed by atoms with Crippen LogP contribution in [0, 0.1) is 0 Å². The predicted molar refractivity (Wildman–Crippen MR) is 65.4 cm³/mol. The first-order valence-corrected chi connectivity index (χ1v) is 8.56. The molecule has 1 aliphatic heterocycles. The smallest absolute Gasteiger partial charge is 0.334 e. The van der Waals surface area contributed by atoms with E-state index in [-0.39, 0.29) is 0 Å². The second kappa shape index (κ2) is 6.63. The molecule has 0 bridgehead atoms. The third-order valence-corrected chi connectivity index (χ3v) is 6.17. The summed E-state index contributed by atoms with van der Waals surface area (Å²) in [5, 5.41) is 0. The van der Waals surface area contributed by atoms with Crippen molar-refractivity contribution in [3.8, 4) is 0 Å². The van der Waals surface area contributed by atoms with E-state index in [9.17, 15) is 0 Å². The Hall–Kier alpha value is 0.0969. The van der Waals surface area contributed by atoms with Gasteiger partial charge in [0, 0.05) is 20.3 Å². The van der Waals surface area contributed by atoms with Gasteiger partial charge in [0.25, 0.3) is 0 Å². The van der Waals surface area contributed by atoms with E-state index in [1.54, 1.807) is 7.11 Å². The third-order valence-electron chi connectivity index (χ3n) is 3.23. The topological polar surface area (TPSA) is 21.7 Å². The van der Waals surface area contributed by atoms with Crippen molar-refractivity contribution in [2.45, 2.75) is 38.3 Å². The lowest BCUT2D eigenvalue weighted by atomic mass is 10.2. The maximum absolute atomic E-state index is 5.96. The van der Waals surface area contributed by atoms with Crippen LogP contribution in [0.15, 0.2) is 0 Å². The van der Waals surface area contributed by atoms with Gasteiger partial charge in [0.05, 0.1) is 0 Å². The number of hydrogen-bond acceptors (Lipinski definition) is 3. The lowest BCUT2D eigenvalue weighted by Crippen LogP contribution is -2.39. The summed E-state index contributed by atoms with van der Waals surface area (Å²) in [6.45, 7) is 5.25. The molecule has 0 spiro atoms. The Morgan fingerprint density at radius 1 is 1.13 bits per heavy atom.